The van der Waals surface area contributed by atoms with Gasteiger partial charge in [0.15, 0.2) is 0 Å². The molecule has 21 heavy (non-hydrogen) atoms. The summed E-state index contributed by atoms with van der Waals surface area (Å²) in [6, 6.07) is 7.94. The molecule has 0 aliphatic rings. The molecule has 5 heteroatoms. The standard InChI is InChI=1S/C16H22N2O2S/c1-16(2,3)15-14(21-18-17-15)13(19)10-7-11-5-8-12(20-4)9-6-11/h5-6,8-9,13,19H,7,10H2,1-4H3. The summed E-state index contributed by atoms with van der Waals surface area (Å²) < 4.78 is 9.15. The van der Waals surface area contributed by atoms with Crippen LogP contribution in [0.2, 0.25) is 0 Å². The van der Waals surface area contributed by atoms with Crippen molar-refractivity contribution >= 4 is 11.5 Å². The van der Waals surface area contributed by atoms with Gasteiger partial charge in [0.05, 0.1) is 23.8 Å². The lowest BCUT2D eigenvalue weighted by molar-refractivity contribution is 0.169. The van der Waals surface area contributed by atoms with Crippen LogP contribution in [-0.2, 0) is 11.8 Å². The summed E-state index contributed by atoms with van der Waals surface area (Å²) in [6.45, 7) is 6.26. The van der Waals surface area contributed by atoms with Crippen LogP contribution in [0.1, 0.15) is 49.4 Å². The van der Waals surface area contributed by atoms with E-state index in [4.69, 9.17) is 4.74 Å². The number of aryl methyl sites for hydroxylation is 1. The molecule has 1 unspecified atom stereocenters. The molecule has 0 spiro atoms. The number of aliphatic hydroxyl groups excluding tert-OH is 1. The minimum absolute atomic E-state index is 0.0938. The molecule has 0 saturated heterocycles. The monoisotopic (exact) mass is 306 g/mol. The molecule has 1 aromatic heterocycles. The Bertz CT molecular complexity index is 573. The first kappa shape index (κ1) is 15.9. The van der Waals surface area contributed by atoms with Gasteiger partial charge >= 0.3 is 0 Å². The Morgan fingerprint density at radius 3 is 2.48 bits per heavy atom. The third kappa shape index (κ3) is 4.02. The summed E-state index contributed by atoms with van der Waals surface area (Å²) in [4.78, 5) is 0.885. The number of aromatic nitrogens is 2. The lowest BCUT2D eigenvalue weighted by Gasteiger charge is -2.19. The van der Waals surface area contributed by atoms with Crippen LogP contribution in [0.4, 0.5) is 0 Å². The van der Waals surface area contributed by atoms with Crippen molar-refractivity contribution in [3.05, 3.63) is 40.4 Å². The van der Waals surface area contributed by atoms with Gasteiger partial charge in [-0.1, -0.05) is 37.4 Å². The first-order valence-corrected chi connectivity index (χ1v) is 7.83. The number of methoxy groups -OCH3 is 1. The molecular formula is C16H22N2O2S. The molecule has 1 N–H and O–H groups in total. The minimum atomic E-state index is -0.513. The summed E-state index contributed by atoms with van der Waals surface area (Å²) in [6.07, 6.45) is 0.965. The molecular weight excluding hydrogens is 284 g/mol. The number of benzene rings is 1. The van der Waals surface area contributed by atoms with Gasteiger partial charge in [0, 0.05) is 5.41 Å². The van der Waals surface area contributed by atoms with Crippen LogP contribution < -0.4 is 4.74 Å². The van der Waals surface area contributed by atoms with Crippen molar-refractivity contribution in [2.24, 2.45) is 0 Å². The van der Waals surface area contributed by atoms with E-state index in [0.29, 0.717) is 6.42 Å². The quantitative estimate of drug-likeness (QED) is 0.918. The Morgan fingerprint density at radius 1 is 1.24 bits per heavy atom. The topological polar surface area (TPSA) is 55.2 Å². The zero-order chi connectivity index (χ0) is 15.5. The number of hydrogen-bond acceptors (Lipinski definition) is 5. The molecule has 0 radical (unpaired) electrons. The van der Waals surface area contributed by atoms with Crippen molar-refractivity contribution in [2.45, 2.75) is 45.1 Å². The highest BCUT2D eigenvalue weighted by Gasteiger charge is 2.26. The Kier molecular flexibility index (Phi) is 4.96. The molecule has 1 heterocycles. The molecule has 4 nitrogen and oxygen atoms in total. The van der Waals surface area contributed by atoms with Crippen molar-refractivity contribution in [1.29, 1.82) is 0 Å². The second-order valence-corrected chi connectivity index (χ2v) is 6.92. The van der Waals surface area contributed by atoms with E-state index in [1.807, 2.05) is 24.3 Å². The zero-order valence-electron chi connectivity index (χ0n) is 13.0. The summed E-state index contributed by atoms with van der Waals surface area (Å²) >= 11 is 1.29. The summed E-state index contributed by atoms with van der Waals surface area (Å²) in [5.41, 5.74) is 1.99. The first-order chi connectivity index (χ1) is 9.91. The first-order valence-electron chi connectivity index (χ1n) is 7.05. The van der Waals surface area contributed by atoms with Gasteiger partial charge in [-0.15, -0.1) is 5.10 Å². The molecule has 1 aromatic carbocycles. The van der Waals surface area contributed by atoms with E-state index in [0.717, 1.165) is 22.7 Å². The highest BCUT2D eigenvalue weighted by atomic mass is 32.1. The van der Waals surface area contributed by atoms with Crippen molar-refractivity contribution in [3.63, 3.8) is 0 Å². The highest BCUT2D eigenvalue weighted by Crippen LogP contribution is 2.32. The summed E-state index contributed by atoms with van der Waals surface area (Å²) in [7, 11) is 1.66. The van der Waals surface area contributed by atoms with E-state index in [1.165, 1.54) is 17.1 Å². The van der Waals surface area contributed by atoms with Crippen LogP contribution in [0.5, 0.6) is 5.75 Å². The van der Waals surface area contributed by atoms with Gasteiger partial charge < -0.3 is 9.84 Å². The van der Waals surface area contributed by atoms with Gasteiger partial charge in [0.2, 0.25) is 0 Å². The molecule has 0 saturated carbocycles. The fraction of sp³-hybridized carbons (Fsp3) is 0.500. The minimum Gasteiger partial charge on any atom is -0.497 e. The number of ether oxygens (including phenoxy) is 1. The molecule has 114 valence electrons. The van der Waals surface area contributed by atoms with Crippen molar-refractivity contribution in [1.82, 2.24) is 9.59 Å². The molecule has 0 aliphatic heterocycles. The van der Waals surface area contributed by atoms with E-state index in [9.17, 15) is 5.11 Å². The van der Waals surface area contributed by atoms with Crippen LogP contribution in [0.25, 0.3) is 0 Å². The Morgan fingerprint density at radius 2 is 1.90 bits per heavy atom. The van der Waals surface area contributed by atoms with Gasteiger partial charge in [-0.05, 0) is 42.1 Å². The Labute approximate surface area is 130 Å². The van der Waals surface area contributed by atoms with Gasteiger partial charge in [0.1, 0.15) is 5.75 Å². The smallest absolute Gasteiger partial charge is 0.118 e. The Hall–Kier alpha value is -1.46. The Balaban J connectivity index is 2.01. The molecule has 0 amide bonds. The third-order valence-electron chi connectivity index (χ3n) is 3.39. The molecule has 2 aromatic rings. The maximum Gasteiger partial charge on any atom is 0.118 e. The molecule has 0 aliphatic carbocycles. The van der Waals surface area contributed by atoms with Crippen LogP contribution in [0, 0.1) is 0 Å². The maximum atomic E-state index is 10.4. The van der Waals surface area contributed by atoms with Crippen LogP contribution in [-0.4, -0.2) is 21.8 Å². The van der Waals surface area contributed by atoms with Crippen LogP contribution in [0.3, 0.4) is 0 Å². The SMILES string of the molecule is COc1ccc(CCC(O)c2snnc2C(C)(C)C)cc1. The number of nitrogens with zero attached hydrogens (tertiary/aromatic N) is 2. The normalized spacial score (nSPS) is 13.2. The van der Waals surface area contributed by atoms with Crippen molar-refractivity contribution < 1.29 is 9.84 Å². The van der Waals surface area contributed by atoms with Gasteiger partial charge in [0.25, 0.3) is 0 Å². The van der Waals surface area contributed by atoms with Gasteiger partial charge in [-0.3, -0.25) is 0 Å². The van der Waals surface area contributed by atoms with E-state index < -0.39 is 6.10 Å². The lowest BCUT2D eigenvalue weighted by atomic mass is 9.89. The van der Waals surface area contributed by atoms with Gasteiger partial charge in [-0.2, -0.15) is 0 Å². The fourth-order valence-corrected chi connectivity index (χ4v) is 3.05. The number of aliphatic hydroxyl groups is 1. The van der Waals surface area contributed by atoms with E-state index in [1.54, 1.807) is 7.11 Å². The average molecular weight is 306 g/mol. The van der Waals surface area contributed by atoms with E-state index >= 15 is 0 Å². The van der Waals surface area contributed by atoms with Crippen molar-refractivity contribution in [2.75, 3.05) is 7.11 Å². The summed E-state index contributed by atoms with van der Waals surface area (Å²) in [5.74, 6) is 0.848. The van der Waals surface area contributed by atoms with Gasteiger partial charge in [-0.25, -0.2) is 0 Å². The predicted octanol–water partition coefficient (Wildman–Crippen LogP) is 3.51. The number of hydrogen-bond donors (Lipinski definition) is 1. The summed E-state index contributed by atoms with van der Waals surface area (Å²) in [5, 5.41) is 14.6. The van der Waals surface area contributed by atoms with Crippen molar-refractivity contribution in [3.8, 4) is 5.75 Å². The second kappa shape index (κ2) is 6.54. The van der Waals surface area contributed by atoms with Crippen LogP contribution >= 0.6 is 11.5 Å². The second-order valence-electron chi connectivity index (χ2n) is 6.14. The number of rotatable bonds is 5. The predicted molar refractivity (Wildman–Crippen MR) is 84.9 cm³/mol. The molecule has 0 bridgehead atoms. The maximum absolute atomic E-state index is 10.4. The highest BCUT2D eigenvalue weighted by molar-refractivity contribution is 7.05. The zero-order valence-corrected chi connectivity index (χ0v) is 13.8. The largest absolute Gasteiger partial charge is 0.497 e. The molecule has 2 rings (SSSR count). The van der Waals surface area contributed by atoms with Crippen LogP contribution in [0.15, 0.2) is 24.3 Å². The lowest BCUT2D eigenvalue weighted by Crippen LogP contribution is -2.16. The average Bonchev–Trinajstić information content (AvgIpc) is 2.95. The molecule has 0 fully saturated rings. The van der Waals surface area contributed by atoms with E-state index in [2.05, 4.69) is 30.4 Å². The van der Waals surface area contributed by atoms with E-state index in [-0.39, 0.29) is 5.41 Å². The third-order valence-corrected chi connectivity index (χ3v) is 4.22. The molecule has 1 atom stereocenters. The fourth-order valence-electron chi connectivity index (χ4n) is 2.16.